The number of aromatic nitrogens is 4. The number of H-pyrrole nitrogens is 1. The van der Waals surface area contributed by atoms with E-state index in [9.17, 15) is 9.59 Å². The van der Waals surface area contributed by atoms with E-state index in [0.717, 1.165) is 37.9 Å². The van der Waals surface area contributed by atoms with Crippen molar-refractivity contribution in [3.8, 4) is 0 Å². The number of carbonyl (C=O) groups is 1. The maximum absolute atomic E-state index is 12.0. The second-order valence-corrected chi connectivity index (χ2v) is 6.87. The fraction of sp³-hybridized carbons (Fsp3) is 0.588. The summed E-state index contributed by atoms with van der Waals surface area (Å²) in [5.41, 5.74) is 0.635. The van der Waals surface area contributed by atoms with Crippen LogP contribution < -0.4 is 10.9 Å². The summed E-state index contributed by atoms with van der Waals surface area (Å²) in [5.74, 6) is 0.872. The van der Waals surface area contributed by atoms with E-state index in [1.165, 1.54) is 6.07 Å². The summed E-state index contributed by atoms with van der Waals surface area (Å²) in [6.07, 6.45) is 4.57. The zero-order valence-electron chi connectivity index (χ0n) is 14.7. The van der Waals surface area contributed by atoms with Crippen LogP contribution in [0.1, 0.15) is 66.7 Å². The van der Waals surface area contributed by atoms with Gasteiger partial charge < -0.3 is 14.8 Å². The van der Waals surface area contributed by atoms with E-state index < -0.39 is 0 Å². The third-order valence-electron chi connectivity index (χ3n) is 4.76. The van der Waals surface area contributed by atoms with Gasteiger partial charge in [0.05, 0.1) is 12.6 Å². The Morgan fingerprint density at radius 2 is 2.23 bits per heavy atom. The maximum atomic E-state index is 12.0. The highest BCUT2D eigenvalue weighted by molar-refractivity contribution is 5.90. The Morgan fingerprint density at radius 1 is 1.38 bits per heavy atom. The second kappa shape index (κ2) is 6.99. The SMILES string of the molecule is CCc1cc(=O)[nH]c(CN2CCC[C@H]2c2nc(C(=O)NC3CC3)no2)n1. The van der Waals surface area contributed by atoms with Crippen LogP contribution in [-0.2, 0) is 13.0 Å². The minimum Gasteiger partial charge on any atom is -0.346 e. The number of aryl methyl sites for hydroxylation is 1. The van der Waals surface area contributed by atoms with Crippen molar-refractivity contribution in [3.05, 3.63) is 39.7 Å². The van der Waals surface area contributed by atoms with Crippen LogP contribution in [-0.4, -0.2) is 43.5 Å². The Kier molecular flexibility index (Phi) is 4.54. The second-order valence-electron chi connectivity index (χ2n) is 6.87. The van der Waals surface area contributed by atoms with E-state index in [-0.39, 0.29) is 29.4 Å². The third-order valence-corrected chi connectivity index (χ3v) is 4.76. The Bertz CT molecular complexity index is 856. The van der Waals surface area contributed by atoms with Gasteiger partial charge in [-0.3, -0.25) is 14.5 Å². The van der Waals surface area contributed by atoms with E-state index in [1.807, 2.05) is 6.92 Å². The highest BCUT2D eigenvalue weighted by Gasteiger charge is 2.33. The topological polar surface area (TPSA) is 117 Å². The molecule has 0 spiro atoms. The number of aromatic amines is 1. The molecule has 138 valence electrons. The van der Waals surface area contributed by atoms with Gasteiger partial charge in [0.15, 0.2) is 0 Å². The Morgan fingerprint density at radius 3 is 3.00 bits per heavy atom. The van der Waals surface area contributed by atoms with Crippen molar-refractivity contribution < 1.29 is 9.32 Å². The van der Waals surface area contributed by atoms with Gasteiger partial charge in [-0.1, -0.05) is 12.1 Å². The predicted octanol–water partition coefficient (Wildman–Crippen LogP) is 0.945. The lowest BCUT2D eigenvalue weighted by atomic mass is 10.2. The molecule has 26 heavy (non-hydrogen) atoms. The molecule has 1 saturated carbocycles. The summed E-state index contributed by atoms with van der Waals surface area (Å²) in [4.78, 5) is 37.5. The van der Waals surface area contributed by atoms with Crippen LogP contribution in [0.2, 0.25) is 0 Å². The molecule has 4 rings (SSSR count). The van der Waals surface area contributed by atoms with Crippen LogP contribution in [0, 0.1) is 0 Å². The standard InChI is InChI=1S/C17H22N6O3/c1-2-10-8-14(24)20-13(18-10)9-23-7-3-4-12(23)17-21-15(22-26-17)16(25)19-11-5-6-11/h8,11-12H,2-7,9H2,1H3,(H,19,25)(H,18,20,24)/t12-/m0/s1. The lowest BCUT2D eigenvalue weighted by molar-refractivity contribution is 0.0937. The summed E-state index contributed by atoms with van der Waals surface area (Å²) in [7, 11) is 0. The van der Waals surface area contributed by atoms with E-state index in [2.05, 4.69) is 30.3 Å². The molecule has 1 amide bonds. The molecule has 9 heteroatoms. The van der Waals surface area contributed by atoms with Crippen molar-refractivity contribution >= 4 is 5.91 Å². The predicted molar refractivity (Wildman–Crippen MR) is 91.4 cm³/mol. The fourth-order valence-corrected chi connectivity index (χ4v) is 3.25. The zero-order chi connectivity index (χ0) is 18.1. The molecule has 0 aromatic carbocycles. The number of rotatable bonds is 6. The molecule has 1 aliphatic carbocycles. The number of hydrogen-bond acceptors (Lipinski definition) is 7. The number of carbonyl (C=O) groups excluding carboxylic acids is 1. The molecule has 2 N–H and O–H groups in total. The molecule has 1 atom stereocenters. The summed E-state index contributed by atoms with van der Waals surface area (Å²) >= 11 is 0. The lowest BCUT2D eigenvalue weighted by Gasteiger charge is -2.20. The van der Waals surface area contributed by atoms with Crippen molar-refractivity contribution in [2.75, 3.05) is 6.54 Å². The van der Waals surface area contributed by atoms with Gasteiger partial charge in [-0.25, -0.2) is 4.98 Å². The first-order valence-electron chi connectivity index (χ1n) is 9.10. The number of nitrogens with zero attached hydrogens (tertiary/aromatic N) is 4. The van der Waals surface area contributed by atoms with Crippen molar-refractivity contribution in [1.82, 2.24) is 30.3 Å². The Labute approximate surface area is 150 Å². The average Bonchev–Trinajstić information content (AvgIpc) is 3.10. The minimum absolute atomic E-state index is 0.0689. The van der Waals surface area contributed by atoms with Gasteiger partial charge in [-0.05, 0) is 38.6 Å². The fourth-order valence-electron chi connectivity index (χ4n) is 3.25. The van der Waals surface area contributed by atoms with Crippen LogP contribution >= 0.6 is 0 Å². The van der Waals surface area contributed by atoms with Gasteiger partial charge in [0.1, 0.15) is 5.82 Å². The quantitative estimate of drug-likeness (QED) is 0.789. The van der Waals surface area contributed by atoms with Crippen molar-refractivity contribution in [3.63, 3.8) is 0 Å². The number of amides is 1. The van der Waals surface area contributed by atoms with Crippen molar-refractivity contribution in [1.29, 1.82) is 0 Å². The highest BCUT2D eigenvalue weighted by Crippen LogP contribution is 2.31. The largest absolute Gasteiger partial charge is 0.346 e. The molecular weight excluding hydrogens is 336 g/mol. The van der Waals surface area contributed by atoms with E-state index in [4.69, 9.17) is 4.52 Å². The smallest absolute Gasteiger partial charge is 0.292 e. The molecule has 2 fully saturated rings. The summed E-state index contributed by atoms with van der Waals surface area (Å²) in [6.45, 7) is 3.31. The van der Waals surface area contributed by atoms with E-state index >= 15 is 0 Å². The average molecular weight is 358 g/mol. The molecular formula is C17H22N6O3. The molecule has 1 saturated heterocycles. The van der Waals surface area contributed by atoms with Crippen LogP contribution in [0.3, 0.4) is 0 Å². The van der Waals surface area contributed by atoms with Crippen molar-refractivity contribution in [2.24, 2.45) is 0 Å². The minimum atomic E-state index is -0.284. The van der Waals surface area contributed by atoms with Gasteiger partial charge in [0.25, 0.3) is 17.3 Å². The van der Waals surface area contributed by atoms with Crippen LogP contribution in [0.5, 0.6) is 0 Å². The first-order valence-corrected chi connectivity index (χ1v) is 9.10. The summed E-state index contributed by atoms with van der Waals surface area (Å²) in [6, 6.07) is 1.70. The molecule has 2 aromatic rings. The van der Waals surface area contributed by atoms with Gasteiger partial charge in [-0.2, -0.15) is 4.98 Å². The molecule has 0 radical (unpaired) electrons. The molecule has 0 bridgehead atoms. The summed E-state index contributed by atoms with van der Waals surface area (Å²) in [5, 5.41) is 6.68. The maximum Gasteiger partial charge on any atom is 0.292 e. The van der Waals surface area contributed by atoms with Gasteiger partial charge in [0.2, 0.25) is 5.89 Å². The van der Waals surface area contributed by atoms with Gasteiger partial charge in [-0.15, -0.1) is 0 Å². The lowest BCUT2D eigenvalue weighted by Crippen LogP contribution is -2.27. The molecule has 1 aliphatic heterocycles. The normalized spacial score (nSPS) is 20.4. The van der Waals surface area contributed by atoms with E-state index in [1.54, 1.807) is 0 Å². The molecule has 3 heterocycles. The molecule has 2 aromatic heterocycles. The first-order chi connectivity index (χ1) is 12.6. The number of hydrogen-bond donors (Lipinski definition) is 2. The third kappa shape index (κ3) is 3.67. The molecule has 2 aliphatic rings. The van der Waals surface area contributed by atoms with Gasteiger partial charge in [0, 0.05) is 17.8 Å². The Hall–Kier alpha value is -2.55. The van der Waals surface area contributed by atoms with Crippen LogP contribution in [0.25, 0.3) is 0 Å². The van der Waals surface area contributed by atoms with Crippen LogP contribution in [0.4, 0.5) is 0 Å². The van der Waals surface area contributed by atoms with Crippen LogP contribution in [0.15, 0.2) is 15.4 Å². The highest BCUT2D eigenvalue weighted by atomic mass is 16.5. The monoisotopic (exact) mass is 358 g/mol. The summed E-state index contributed by atoms with van der Waals surface area (Å²) < 4.78 is 5.35. The molecule has 0 unspecified atom stereocenters. The van der Waals surface area contributed by atoms with Crippen molar-refractivity contribution in [2.45, 2.75) is 57.7 Å². The number of likely N-dealkylation sites (tertiary alicyclic amines) is 1. The van der Waals surface area contributed by atoms with Gasteiger partial charge >= 0.3 is 0 Å². The Balaban J connectivity index is 1.48. The number of nitrogens with one attached hydrogen (secondary N) is 2. The first kappa shape index (κ1) is 16.9. The molecule has 9 nitrogen and oxygen atoms in total. The zero-order valence-corrected chi connectivity index (χ0v) is 14.7. The van der Waals surface area contributed by atoms with E-state index in [0.29, 0.717) is 24.7 Å².